The molecule has 19 heavy (non-hydrogen) atoms. The number of hydrogen-bond donors (Lipinski definition) is 1. The predicted molar refractivity (Wildman–Crippen MR) is 78.3 cm³/mol. The highest BCUT2D eigenvalue weighted by molar-refractivity contribution is 5.84. The first-order valence-electron chi connectivity index (χ1n) is 7.27. The van der Waals surface area contributed by atoms with Gasteiger partial charge in [0.15, 0.2) is 0 Å². The highest BCUT2D eigenvalue weighted by Gasteiger charge is 2.17. The van der Waals surface area contributed by atoms with Crippen LogP contribution in [0.5, 0.6) is 0 Å². The van der Waals surface area contributed by atoms with E-state index in [1.165, 1.54) is 29.3 Å². The molecule has 2 aromatic rings. The lowest BCUT2D eigenvalue weighted by Crippen LogP contribution is -2.14. The number of aromatic nitrogens is 1. The van der Waals surface area contributed by atoms with Crippen molar-refractivity contribution >= 4 is 10.9 Å². The summed E-state index contributed by atoms with van der Waals surface area (Å²) in [4.78, 5) is 0. The summed E-state index contributed by atoms with van der Waals surface area (Å²) < 4.78 is 8.11. The molecule has 3 nitrogen and oxygen atoms in total. The summed E-state index contributed by atoms with van der Waals surface area (Å²) in [6.07, 6.45) is 7.18. The van der Waals surface area contributed by atoms with Crippen LogP contribution in [0.15, 0.2) is 30.5 Å². The number of hydrogen-bond acceptors (Lipinski definition) is 2. The summed E-state index contributed by atoms with van der Waals surface area (Å²) in [5.41, 5.74) is 8.37. The van der Waals surface area contributed by atoms with Crippen LogP contribution in [0.25, 0.3) is 10.9 Å². The van der Waals surface area contributed by atoms with Crippen LogP contribution in [-0.2, 0) is 17.7 Å². The Morgan fingerprint density at radius 2 is 2.21 bits per heavy atom. The third-order valence-electron chi connectivity index (χ3n) is 3.95. The van der Waals surface area contributed by atoms with Crippen molar-refractivity contribution in [2.75, 3.05) is 13.2 Å². The minimum absolute atomic E-state index is 0.387. The van der Waals surface area contributed by atoms with Gasteiger partial charge in [0.2, 0.25) is 0 Å². The Hall–Kier alpha value is -1.32. The van der Waals surface area contributed by atoms with Gasteiger partial charge in [-0.2, -0.15) is 0 Å². The molecule has 1 saturated heterocycles. The van der Waals surface area contributed by atoms with Crippen molar-refractivity contribution in [3.8, 4) is 0 Å². The van der Waals surface area contributed by atoms with E-state index in [4.69, 9.17) is 10.5 Å². The predicted octanol–water partition coefficient (Wildman–Crippen LogP) is 2.71. The zero-order valence-corrected chi connectivity index (χ0v) is 11.3. The van der Waals surface area contributed by atoms with E-state index in [-0.39, 0.29) is 0 Å². The molecule has 1 aliphatic heterocycles. The van der Waals surface area contributed by atoms with E-state index in [0.717, 1.165) is 32.5 Å². The highest BCUT2D eigenvalue weighted by atomic mass is 16.5. The summed E-state index contributed by atoms with van der Waals surface area (Å²) in [5, 5.41) is 1.37. The van der Waals surface area contributed by atoms with Gasteiger partial charge in [0.25, 0.3) is 0 Å². The molecule has 1 aliphatic rings. The summed E-state index contributed by atoms with van der Waals surface area (Å²) in [5.74, 6) is 0. The van der Waals surface area contributed by atoms with Crippen molar-refractivity contribution in [3.63, 3.8) is 0 Å². The first kappa shape index (κ1) is 12.7. The van der Waals surface area contributed by atoms with E-state index in [1.54, 1.807) is 0 Å². The van der Waals surface area contributed by atoms with E-state index < -0.39 is 0 Å². The molecule has 0 radical (unpaired) electrons. The van der Waals surface area contributed by atoms with Crippen LogP contribution in [-0.4, -0.2) is 23.8 Å². The average Bonchev–Trinajstić information content (AvgIpc) is 3.06. The molecule has 3 heteroatoms. The van der Waals surface area contributed by atoms with Crippen molar-refractivity contribution in [2.45, 2.75) is 38.3 Å². The van der Waals surface area contributed by atoms with Crippen molar-refractivity contribution in [3.05, 3.63) is 36.0 Å². The van der Waals surface area contributed by atoms with Crippen LogP contribution in [0.2, 0.25) is 0 Å². The molecule has 0 saturated carbocycles. The molecule has 1 fully saturated rings. The van der Waals surface area contributed by atoms with Gasteiger partial charge in [-0.15, -0.1) is 0 Å². The van der Waals surface area contributed by atoms with Crippen molar-refractivity contribution in [2.24, 2.45) is 5.73 Å². The van der Waals surface area contributed by atoms with Gasteiger partial charge in [-0.3, -0.25) is 0 Å². The van der Waals surface area contributed by atoms with Crippen LogP contribution in [0, 0.1) is 0 Å². The molecule has 0 amide bonds. The van der Waals surface area contributed by atoms with E-state index in [9.17, 15) is 0 Å². The quantitative estimate of drug-likeness (QED) is 0.895. The maximum absolute atomic E-state index is 5.76. The van der Waals surface area contributed by atoms with Crippen LogP contribution < -0.4 is 5.73 Å². The Morgan fingerprint density at radius 1 is 1.32 bits per heavy atom. The number of nitrogens with two attached hydrogens (primary N) is 1. The van der Waals surface area contributed by atoms with E-state index in [1.807, 2.05) is 0 Å². The molecule has 0 bridgehead atoms. The first-order valence-corrected chi connectivity index (χ1v) is 7.27. The van der Waals surface area contributed by atoms with Crippen molar-refractivity contribution in [1.29, 1.82) is 0 Å². The highest BCUT2D eigenvalue weighted by Crippen LogP contribution is 2.24. The molecule has 2 N–H and O–H groups in total. The van der Waals surface area contributed by atoms with E-state index in [2.05, 4.69) is 35.0 Å². The third-order valence-corrected chi connectivity index (χ3v) is 3.95. The Morgan fingerprint density at radius 3 is 3.00 bits per heavy atom. The zero-order chi connectivity index (χ0) is 13.1. The van der Waals surface area contributed by atoms with Gasteiger partial charge in [0.05, 0.1) is 6.10 Å². The molecule has 0 aliphatic carbocycles. The number of fused-ring (bicyclic) bond motifs is 1. The zero-order valence-electron chi connectivity index (χ0n) is 11.3. The molecular weight excluding hydrogens is 236 g/mol. The number of nitrogens with zero attached hydrogens (tertiary/aromatic N) is 1. The monoisotopic (exact) mass is 258 g/mol. The SMILES string of the molecule is NCCCc1cn(CC2CCCO2)c2ccccc12. The average molecular weight is 258 g/mol. The molecule has 0 spiro atoms. The topological polar surface area (TPSA) is 40.2 Å². The maximum Gasteiger partial charge on any atom is 0.0754 e. The Labute approximate surface area is 114 Å². The lowest BCUT2D eigenvalue weighted by molar-refractivity contribution is 0.0980. The Kier molecular flexibility index (Phi) is 3.85. The summed E-state index contributed by atoms with van der Waals surface area (Å²) in [6, 6.07) is 8.65. The fraction of sp³-hybridized carbons (Fsp3) is 0.500. The number of para-hydroxylation sites is 1. The van der Waals surface area contributed by atoms with Gasteiger partial charge < -0.3 is 15.0 Å². The van der Waals surface area contributed by atoms with Gasteiger partial charge in [-0.05, 0) is 43.9 Å². The fourth-order valence-corrected chi connectivity index (χ4v) is 2.97. The van der Waals surface area contributed by atoms with Gasteiger partial charge in [-0.1, -0.05) is 18.2 Å². The Balaban J connectivity index is 1.89. The van der Waals surface area contributed by atoms with E-state index in [0.29, 0.717) is 6.10 Å². The third kappa shape index (κ3) is 2.67. The molecule has 1 aromatic carbocycles. The number of benzene rings is 1. The molecule has 2 heterocycles. The van der Waals surface area contributed by atoms with Crippen LogP contribution in [0.4, 0.5) is 0 Å². The van der Waals surface area contributed by atoms with Gasteiger partial charge in [0.1, 0.15) is 0 Å². The molecule has 1 aromatic heterocycles. The standard InChI is InChI=1S/C16H22N2O/c17-9-3-5-13-11-18(12-14-6-4-10-19-14)16-8-2-1-7-15(13)16/h1-2,7-8,11,14H,3-6,9-10,12,17H2. The second-order valence-corrected chi connectivity index (χ2v) is 5.35. The molecular formula is C16H22N2O. The minimum atomic E-state index is 0.387. The second-order valence-electron chi connectivity index (χ2n) is 5.35. The van der Waals surface area contributed by atoms with Crippen LogP contribution in [0.1, 0.15) is 24.8 Å². The smallest absolute Gasteiger partial charge is 0.0754 e. The fourth-order valence-electron chi connectivity index (χ4n) is 2.97. The lowest BCUT2D eigenvalue weighted by Gasteiger charge is -2.11. The summed E-state index contributed by atoms with van der Waals surface area (Å²) in [6.45, 7) is 2.65. The van der Waals surface area contributed by atoms with E-state index >= 15 is 0 Å². The van der Waals surface area contributed by atoms with Crippen LogP contribution in [0.3, 0.4) is 0 Å². The number of aryl methyl sites for hydroxylation is 1. The molecule has 102 valence electrons. The first-order chi connectivity index (χ1) is 9.38. The summed E-state index contributed by atoms with van der Waals surface area (Å²) >= 11 is 0. The number of rotatable bonds is 5. The second kappa shape index (κ2) is 5.76. The molecule has 1 atom stereocenters. The van der Waals surface area contributed by atoms with Gasteiger partial charge in [-0.25, -0.2) is 0 Å². The maximum atomic E-state index is 5.76. The Bertz CT molecular complexity index is 541. The largest absolute Gasteiger partial charge is 0.376 e. The molecule has 1 unspecified atom stereocenters. The normalized spacial score (nSPS) is 19.3. The lowest BCUT2D eigenvalue weighted by atomic mass is 10.1. The summed E-state index contributed by atoms with van der Waals surface area (Å²) in [7, 11) is 0. The number of ether oxygens (including phenoxy) is 1. The molecule has 3 rings (SSSR count). The van der Waals surface area contributed by atoms with Crippen LogP contribution >= 0.6 is 0 Å². The van der Waals surface area contributed by atoms with Gasteiger partial charge in [0, 0.05) is 30.3 Å². The van der Waals surface area contributed by atoms with Gasteiger partial charge >= 0.3 is 0 Å². The minimum Gasteiger partial charge on any atom is -0.376 e. The van der Waals surface area contributed by atoms with Crippen molar-refractivity contribution < 1.29 is 4.74 Å². The van der Waals surface area contributed by atoms with Crippen molar-refractivity contribution in [1.82, 2.24) is 4.57 Å².